The maximum absolute atomic E-state index is 13.9. The summed E-state index contributed by atoms with van der Waals surface area (Å²) in [6, 6.07) is 11.9. The summed E-state index contributed by atoms with van der Waals surface area (Å²) in [6.45, 7) is 4.59. The minimum atomic E-state index is -4.03. The largest absolute Gasteiger partial charge is 0.379 e. The summed E-state index contributed by atoms with van der Waals surface area (Å²) in [5, 5.41) is 3.04. The van der Waals surface area contributed by atoms with E-state index >= 15 is 0 Å². The minimum absolute atomic E-state index is 0.000414. The van der Waals surface area contributed by atoms with E-state index in [-0.39, 0.29) is 5.91 Å². The lowest BCUT2D eigenvalue weighted by Gasteiger charge is -2.27. The molecular weight excluding hydrogens is 421 g/mol. The Bertz CT molecular complexity index is 1030. The molecule has 1 saturated carbocycles. The van der Waals surface area contributed by atoms with Gasteiger partial charge in [-0.3, -0.25) is 14.4 Å². The Balaban J connectivity index is 1.37. The Kier molecular flexibility index (Phi) is 6.27. The van der Waals surface area contributed by atoms with Crippen LogP contribution in [0.15, 0.2) is 53.4 Å². The summed E-state index contributed by atoms with van der Waals surface area (Å²) in [6.07, 6.45) is 1.52. The van der Waals surface area contributed by atoms with Crippen molar-refractivity contribution in [2.75, 3.05) is 44.1 Å². The van der Waals surface area contributed by atoms with E-state index in [2.05, 4.69) is 14.9 Å². The summed E-state index contributed by atoms with van der Waals surface area (Å²) < 4.78 is 46.5. The van der Waals surface area contributed by atoms with Gasteiger partial charge in [0.2, 0.25) is 5.91 Å². The second-order valence-corrected chi connectivity index (χ2v) is 9.56. The molecule has 4 rings (SSSR count). The maximum Gasteiger partial charge on any atom is 0.264 e. The van der Waals surface area contributed by atoms with Gasteiger partial charge in [-0.25, -0.2) is 12.8 Å². The minimum Gasteiger partial charge on any atom is -0.379 e. The lowest BCUT2D eigenvalue weighted by molar-refractivity contribution is -0.123. The van der Waals surface area contributed by atoms with Crippen LogP contribution in [-0.2, 0) is 25.0 Å². The van der Waals surface area contributed by atoms with E-state index in [1.807, 2.05) is 0 Å². The van der Waals surface area contributed by atoms with Crippen molar-refractivity contribution in [1.29, 1.82) is 0 Å². The average Bonchev–Trinajstić information content (AvgIpc) is 3.57. The van der Waals surface area contributed by atoms with Crippen molar-refractivity contribution in [1.82, 2.24) is 10.2 Å². The molecule has 2 N–H and O–H groups in total. The van der Waals surface area contributed by atoms with E-state index in [0.29, 0.717) is 12.2 Å². The predicted molar refractivity (Wildman–Crippen MR) is 115 cm³/mol. The summed E-state index contributed by atoms with van der Waals surface area (Å²) in [5.41, 5.74) is 0.620. The van der Waals surface area contributed by atoms with Crippen LogP contribution in [0.4, 0.5) is 10.1 Å². The molecule has 2 fully saturated rings. The molecule has 1 aliphatic carbocycles. The first kappa shape index (κ1) is 21.7. The molecule has 2 aromatic rings. The lowest BCUT2D eigenvalue weighted by Crippen LogP contribution is -2.43. The molecule has 2 aromatic carbocycles. The molecule has 31 heavy (non-hydrogen) atoms. The standard InChI is InChI=1S/C22H26FN3O4S/c23-19-3-1-2-4-20(19)31(28,29)25-18-7-5-17(6-8-18)22(9-10-22)21(27)24-11-12-26-13-15-30-16-14-26/h1-8,25H,9-16H2,(H,24,27). The van der Waals surface area contributed by atoms with Gasteiger partial charge in [-0.05, 0) is 42.7 Å². The molecule has 1 amide bonds. The number of rotatable bonds is 8. The van der Waals surface area contributed by atoms with Gasteiger partial charge in [0.1, 0.15) is 10.7 Å². The van der Waals surface area contributed by atoms with Crippen LogP contribution in [0.25, 0.3) is 0 Å². The van der Waals surface area contributed by atoms with Gasteiger partial charge in [0.25, 0.3) is 10.0 Å². The number of hydrogen-bond acceptors (Lipinski definition) is 5. The number of nitrogens with zero attached hydrogens (tertiary/aromatic N) is 1. The lowest BCUT2D eigenvalue weighted by atomic mass is 9.95. The molecule has 0 radical (unpaired) electrons. The number of carbonyl (C=O) groups excluding carboxylic acids is 1. The van der Waals surface area contributed by atoms with Gasteiger partial charge in [0.05, 0.1) is 18.6 Å². The molecule has 0 aromatic heterocycles. The van der Waals surface area contributed by atoms with E-state index in [1.165, 1.54) is 18.2 Å². The highest BCUT2D eigenvalue weighted by molar-refractivity contribution is 7.92. The van der Waals surface area contributed by atoms with Crippen molar-refractivity contribution in [2.24, 2.45) is 0 Å². The fourth-order valence-electron chi connectivity index (χ4n) is 3.82. The predicted octanol–water partition coefficient (Wildman–Crippen LogP) is 2.11. The van der Waals surface area contributed by atoms with Gasteiger partial charge in [0.15, 0.2) is 0 Å². The smallest absolute Gasteiger partial charge is 0.264 e. The Morgan fingerprint density at radius 3 is 2.39 bits per heavy atom. The molecule has 0 bridgehead atoms. The van der Waals surface area contributed by atoms with Gasteiger partial charge >= 0.3 is 0 Å². The Morgan fingerprint density at radius 2 is 1.74 bits per heavy atom. The Labute approximate surface area is 181 Å². The summed E-state index contributed by atoms with van der Waals surface area (Å²) in [7, 11) is -4.03. The van der Waals surface area contributed by atoms with Gasteiger partial charge < -0.3 is 10.1 Å². The zero-order valence-corrected chi connectivity index (χ0v) is 18.0. The Morgan fingerprint density at radius 1 is 1.06 bits per heavy atom. The van der Waals surface area contributed by atoms with Crippen LogP contribution in [0.5, 0.6) is 0 Å². The number of sulfonamides is 1. The molecule has 1 saturated heterocycles. The van der Waals surface area contributed by atoms with E-state index < -0.39 is 26.2 Å². The first-order valence-corrected chi connectivity index (χ1v) is 11.9. The fraction of sp³-hybridized carbons (Fsp3) is 0.409. The van der Waals surface area contributed by atoms with Crippen molar-refractivity contribution in [3.05, 3.63) is 59.9 Å². The van der Waals surface area contributed by atoms with Gasteiger partial charge in [-0.15, -0.1) is 0 Å². The molecule has 1 aliphatic heterocycles. The number of nitrogens with one attached hydrogen (secondary N) is 2. The van der Waals surface area contributed by atoms with Crippen molar-refractivity contribution in [3.63, 3.8) is 0 Å². The first-order chi connectivity index (χ1) is 14.9. The number of ether oxygens (including phenoxy) is 1. The number of amides is 1. The molecule has 1 heterocycles. The van der Waals surface area contributed by atoms with Crippen LogP contribution in [-0.4, -0.2) is 58.6 Å². The second kappa shape index (κ2) is 8.94. The van der Waals surface area contributed by atoms with Crippen LogP contribution in [0, 0.1) is 5.82 Å². The third kappa shape index (κ3) is 4.89. The SMILES string of the molecule is O=C(NCCN1CCOCC1)C1(c2ccc(NS(=O)(=O)c3ccccc3F)cc2)CC1. The fourth-order valence-corrected chi connectivity index (χ4v) is 4.96. The normalized spacial score (nSPS) is 18.4. The van der Waals surface area contributed by atoms with Crippen molar-refractivity contribution < 1.29 is 22.3 Å². The molecule has 166 valence electrons. The van der Waals surface area contributed by atoms with E-state index in [4.69, 9.17) is 4.74 Å². The second-order valence-electron chi connectivity index (χ2n) is 7.91. The third-order valence-electron chi connectivity index (χ3n) is 5.82. The molecule has 7 nitrogen and oxygen atoms in total. The van der Waals surface area contributed by atoms with E-state index in [9.17, 15) is 17.6 Å². The van der Waals surface area contributed by atoms with Crippen LogP contribution in [0.2, 0.25) is 0 Å². The van der Waals surface area contributed by atoms with E-state index in [0.717, 1.165) is 57.3 Å². The summed E-state index contributed by atoms with van der Waals surface area (Å²) >= 11 is 0. The number of carbonyl (C=O) groups is 1. The van der Waals surface area contributed by atoms with Gasteiger partial charge in [-0.2, -0.15) is 0 Å². The first-order valence-electron chi connectivity index (χ1n) is 10.4. The van der Waals surface area contributed by atoms with Gasteiger partial charge in [0, 0.05) is 31.9 Å². The number of anilines is 1. The van der Waals surface area contributed by atoms with Crippen LogP contribution in [0.3, 0.4) is 0 Å². The topological polar surface area (TPSA) is 87.7 Å². The van der Waals surface area contributed by atoms with Crippen LogP contribution in [0.1, 0.15) is 18.4 Å². The zero-order chi connectivity index (χ0) is 21.9. The number of halogens is 1. The van der Waals surface area contributed by atoms with Crippen molar-refractivity contribution in [3.8, 4) is 0 Å². The number of morpholine rings is 1. The third-order valence-corrected chi connectivity index (χ3v) is 7.23. The molecule has 0 spiro atoms. The van der Waals surface area contributed by atoms with Crippen LogP contribution >= 0.6 is 0 Å². The Hall–Kier alpha value is -2.49. The molecule has 9 heteroatoms. The van der Waals surface area contributed by atoms with Crippen LogP contribution < -0.4 is 10.0 Å². The summed E-state index contributed by atoms with van der Waals surface area (Å²) in [5.74, 6) is -0.808. The summed E-state index contributed by atoms with van der Waals surface area (Å²) in [4.78, 5) is 14.7. The van der Waals surface area contributed by atoms with Gasteiger partial charge in [-0.1, -0.05) is 24.3 Å². The zero-order valence-electron chi connectivity index (χ0n) is 17.1. The molecule has 0 unspecified atom stereocenters. The number of hydrogen-bond donors (Lipinski definition) is 2. The van der Waals surface area contributed by atoms with E-state index in [1.54, 1.807) is 24.3 Å². The quantitative estimate of drug-likeness (QED) is 0.647. The molecule has 2 aliphatic rings. The van der Waals surface area contributed by atoms with Crippen molar-refractivity contribution >= 4 is 21.6 Å². The number of benzene rings is 2. The molecule has 0 atom stereocenters. The highest BCUT2D eigenvalue weighted by atomic mass is 32.2. The maximum atomic E-state index is 13.9. The monoisotopic (exact) mass is 447 g/mol. The van der Waals surface area contributed by atoms with Crippen molar-refractivity contribution in [2.45, 2.75) is 23.2 Å². The highest BCUT2D eigenvalue weighted by Crippen LogP contribution is 2.48. The highest BCUT2D eigenvalue weighted by Gasteiger charge is 2.51. The average molecular weight is 448 g/mol. The molecular formula is C22H26FN3O4S.